The van der Waals surface area contributed by atoms with Gasteiger partial charge in [-0.1, -0.05) is 6.07 Å². The van der Waals surface area contributed by atoms with Gasteiger partial charge < -0.3 is 15.2 Å². The maximum absolute atomic E-state index is 14.5. The zero-order valence-corrected chi connectivity index (χ0v) is 15.6. The van der Waals surface area contributed by atoms with Gasteiger partial charge in [0, 0.05) is 30.6 Å². The minimum absolute atomic E-state index is 0.0712. The smallest absolute Gasteiger partial charge is 0.163 e. The van der Waals surface area contributed by atoms with Gasteiger partial charge in [0.2, 0.25) is 0 Å². The molecule has 6 nitrogen and oxygen atoms in total. The van der Waals surface area contributed by atoms with E-state index in [2.05, 4.69) is 15.0 Å². The van der Waals surface area contributed by atoms with Crippen LogP contribution in [-0.4, -0.2) is 34.6 Å². The zero-order valence-electron chi connectivity index (χ0n) is 15.6. The fraction of sp³-hybridized carbons (Fsp3) is 0.381. The lowest BCUT2D eigenvalue weighted by Crippen LogP contribution is -2.52. The minimum Gasteiger partial charge on any atom is -0.484 e. The van der Waals surface area contributed by atoms with Crippen LogP contribution in [0.1, 0.15) is 31.2 Å². The number of fused-ring (bicyclic) bond motifs is 3. The molecule has 3 heterocycles. The molecule has 0 saturated heterocycles. The number of methoxy groups -OCH3 is 1. The normalized spacial score (nSPS) is 30.9. The maximum atomic E-state index is 14.5. The van der Waals surface area contributed by atoms with Crippen LogP contribution in [0.2, 0.25) is 0 Å². The lowest BCUT2D eigenvalue weighted by molar-refractivity contribution is -0.0426. The summed E-state index contributed by atoms with van der Waals surface area (Å²) in [5, 5.41) is 0. The molecule has 1 aromatic heterocycles. The van der Waals surface area contributed by atoms with Crippen molar-refractivity contribution in [2.45, 2.75) is 42.9 Å². The average molecular weight is 380 g/mol. The van der Waals surface area contributed by atoms with Crippen LogP contribution in [0.3, 0.4) is 0 Å². The largest absolute Gasteiger partial charge is 0.484 e. The van der Waals surface area contributed by atoms with Crippen LogP contribution in [-0.2, 0) is 10.3 Å². The molecule has 0 bridgehead atoms. The van der Waals surface area contributed by atoms with Gasteiger partial charge in [0.05, 0.1) is 6.10 Å². The first-order valence-corrected chi connectivity index (χ1v) is 9.43. The lowest BCUT2D eigenvalue weighted by atomic mass is 9.68. The maximum Gasteiger partial charge on any atom is 0.163 e. The van der Waals surface area contributed by atoms with Gasteiger partial charge in [-0.05, 0) is 49.5 Å². The molecule has 3 aliphatic rings. The van der Waals surface area contributed by atoms with Crippen LogP contribution in [0, 0.1) is 0 Å². The number of rotatable bonds is 2. The van der Waals surface area contributed by atoms with Crippen molar-refractivity contribution in [2.24, 2.45) is 10.7 Å². The van der Waals surface area contributed by atoms with E-state index in [4.69, 9.17) is 15.2 Å². The highest BCUT2D eigenvalue weighted by Crippen LogP contribution is 2.59. The zero-order chi connectivity index (χ0) is 19.4. The number of aromatic nitrogens is 2. The first-order chi connectivity index (χ1) is 13.6. The van der Waals surface area contributed by atoms with Gasteiger partial charge in [-0.15, -0.1) is 0 Å². The molecule has 144 valence electrons. The Kier molecular flexibility index (Phi) is 3.77. The summed E-state index contributed by atoms with van der Waals surface area (Å²) < 4.78 is 26.5. The van der Waals surface area contributed by atoms with Gasteiger partial charge >= 0.3 is 0 Å². The van der Waals surface area contributed by atoms with Gasteiger partial charge in [0.1, 0.15) is 17.7 Å². The number of hydrogen-bond donors (Lipinski definition) is 1. The molecule has 2 aromatic rings. The summed E-state index contributed by atoms with van der Waals surface area (Å²) >= 11 is 0. The van der Waals surface area contributed by atoms with E-state index in [1.807, 2.05) is 18.2 Å². The Morgan fingerprint density at radius 2 is 1.93 bits per heavy atom. The van der Waals surface area contributed by atoms with E-state index in [-0.39, 0.29) is 11.9 Å². The quantitative estimate of drug-likeness (QED) is 0.865. The first-order valence-electron chi connectivity index (χ1n) is 9.43. The van der Waals surface area contributed by atoms with E-state index in [0.717, 1.165) is 35.3 Å². The summed E-state index contributed by atoms with van der Waals surface area (Å²) in [6.07, 6.45) is 9.79. The number of hydrogen-bond acceptors (Lipinski definition) is 6. The Morgan fingerprint density at radius 1 is 1.18 bits per heavy atom. The van der Waals surface area contributed by atoms with Gasteiger partial charge in [0.15, 0.2) is 17.2 Å². The summed E-state index contributed by atoms with van der Waals surface area (Å²) in [5.74, 6) is 0.162. The molecule has 1 atom stereocenters. The molecule has 1 aromatic carbocycles. The van der Waals surface area contributed by atoms with E-state index in [1.165, 1.54) is 12.4 Å². The number of amidine groups is 1. The number of nitrogens with two attached hydrogens (primary N) is 1. The van der Waals surface area contributed by atoms with Crippen molar-refractivity contribution >= 4 is 5.84 Å². The highest BCUT2D eigenvalue weighted by molar-refractivity contribution is 5.98. The van der Waals surface area contributed by atoms with Crippen molar-refractivity contribution in [2.75, 3.05) is 7.11 Å². The van der Waals surface area contributed by atoms with Crippen molar-refractivity contribution in [3.63, 3.8) is 0 Å². The monoisotopic (exact) mass is 380 g/mol. The Labute approximate surface area is 162 Å². The molecule has 1 fully saturated rings. The van der Waals surface area contributed by atoms with E-state index in [9.17, 15) is 4.39 Å². The lowest BCUT2D eigenvalue weighted by Gasteiger charge is -2.43. The third-order valence-electron chi connectivity index (χ3n) is 6.23. The summed E-state index contributed by atoms with van der Waals surface area (Å²) in [5.41, 5.74) is 6.92. The van der Waals surface area contributed by atoms with Gasteiger partial charge in [-0.25, -0.2) is 19.4 Å². The van der Waals surface area contributed by atoms with Crippen LogP contribution in [0.5, 0.6) is 5.75 Å². The molecule has 2 N–H and O–H groups in total. The number of ether oxygens (including phenoxy) is 2. The molecule has 7 heteroatoms. The summed E-state index contributed by atoms with van der Waals surface area (Å²) in [6.45, 7) is 0. The van der Waals surface area contributed by atoms with E-state index in [0.29, 0.717) is 12.8 Å². The molecular weight excluding hydrogens is 359 g/mol. The van der Waals surface area contributed by atoms with Crippen molar-refractivity contribution in [3.05, 3.63) is 54.4 Å². The number of aliphatic imine (C=N–C) groups is 1. The number of halogens is 1. The third-order valence-corrected chi connectivity index (χ3v) is 6.23. The molecule has 2 aliphatic heterocycles. The second-order valence-corrected chi connectivity index (χ2v) is 7.63. The minimum atomic E-state index is -0.957. The predicted molar refractivity (Wildman–Crippen MR) is 103 cm³/mol. The summed E-state index contributed by atoms with van der Waals surface area (Å²) in [7, 11) is 1.72. The molecule has 1 unspecified atom stereocenters. The highest BCUT2D eigenvalue weighted by Gasteiger charge is 2.62. The molecule has 1 saturated carbocycles. The fourth-order valence-corrected chi connectivity index (χ4v) is 4.76. The summed E-state index contributed by atoms with van der Waals surface area (Å²) in [6, 6.07) is 5.89. The molecule has 1 aliphatic carbocycles. The standard InChI is InChI=1S/C21H21FN4O2/c1-27-15-4-6-20(7-5-15)21(9-17(22)19(23)26-21)16-8-13(2-3-18(16)28-20)14-10-24-12-25-11-14/h2-3,8-12,15H,4-7H2,1H3,(H2,23,26). The molecule has 0 amide bonds. The highest BCUT2D eigenvalue weighted by atomic mass is 19.1. The Balaban J connectivity index is 1.65. The van der Waals surface area contributed by atoms with Gasteiger partial charge in [-0.2, -0.15) is 0 Å². The van der Waals surface area contributed by atoms with Crippen molar-refractivity contribution in [1.82, 2.24) is 9.97 Å². The summed E-state index contributed by atoms with van der Waals surface area (Å²) in [4.78, 5) is 12.8. The van der Waals surface area contributed by atoms with E-state index in [1.54, 1.807) is 19.5 Å². The molecule has 0 radical (unpaired) electrons. The average Bonchev–Trinajstić information content (AvgIpc) is 3.17. The van der Waals surface area contributed by atoms with Crippen LogP contribution >= 0.6 is 0 Å². The van der Waals surface area contributed by atoms with E-state index < -0.39 is 17.0 Å². The Hall–Kier alpha value is -2.80. The predicted octanol–water partition coefficient (Wildman–Crippen LogP) is 3.28. The fourth-order valence-electron chi connectivity index (χ4n) is 4.76. The molecule has 28 heavy (non-hydrogen) atoms. The topological polar surface area (TPSA) is 82.6 Å². The van der Waals surface area contributed by atoms with Crippen molar-refractivity contribution in [1.29, 1.82) is 0 Å². The third kappa shape index (κ3) is 2.32. The first kappa shape index (κ1) is 17.3. The van der Waals surface area contributed by atoms with Crippen molar-refractivity contribution in [3.8, 4) is 16.9 Å². The number of nitrogens with zero attached hydrogens (tertiary/aromatic N) is 3. The number of benzene rings is 1. The Bertz CT molecular complexity index is 963. The van der Waals surface area contributed by atoms with Crippen LogP contribution < -0.4 is 10.5 Å². The molecular formula is C21H21FN4O2. The second-order valence-electron chi connectivity index (χ2n) is 7.63. The van der Waals surface area contributed by atoms with Gasteiger partial charge in [-0.3, -0.25) is 0 Å². The molecule has 2 spiro atoms. The van der Waals surface area contributed by atoms with E-state index >= 15 is 0 Å². The van der Waals surface area contributed by atoms with Crippen molar-refractivity contribution < 1.29 is 13.9 Å². The SMILES string of the molecule is COC1CCC2(CC1)Oc1ccc(-c3cncnc3)cc1C21C=C(F)C(N)=N1. The van der Waals surface area contributed by atoms with Gasteiger partial charge in [0.25, 0.3) is 0 Å². The molecule has 5 rings (SSSR count). The van der Waals surface area contributed by atoms with Crippen LogP contribution in [0.15, 0.2) is 53.8 Å². The Morgan fingerprint density at radius 3 is 2.57 bits per heavy atom. The van der Waals surface area contributed by atoms with Crippen LogP contribution in [0.25, 0.3) is 11.1 Å². The second kappa shape index (κ2) is 6.10. The van der Waals surface area contributed by atoms with Crippen LogP contribution in [0.4, 0.5) is 4.39 Å².